The standard InChI is InChI=1S/C15H14N4/c1-11(17-18-16)10-19-9-8-13-7-6-12-4-2-3-5-14(12)15(13)19/h2-9,11H,10H2,1H3. The van der Waals surface area contributed by atoms with Crippen LogP contribution in [0.4, 0.5) is 0 Å². The molecule has 1 atom stereocenters. The van der Waals surface area contributed by atoms with Gasteiger partial charge in [0.15, 0.2) is 0 Å². The lowest BCUT2D eigenvalue weighted by Gasteiger charge is -2.10. The molecule has 0 saturated carbocycles. The first-order valence-electron chi connectivity index (χ1n) is 6.30. The number of hydrogen-bond acceptors (Lipinski definition) is 1. The van der Waals surface area contributed by atoms with E-state index < -0.39 is 0 Å². The number of aromatic nitrogens is 1. The fraction of sp³-hybridized carbons (Fsp3) is 0.200. The molecule has 1 heterocycles. The summed E-state index contributed by atoms with van der Waals surface area (Å²) in [5.74, 6) is 0. The quantitative estimate of drug-likeness (QED) is 0.373. The zero-order valence-corrected chi connectivity index (χ0v) is 10.7. The predicted molar refractivity (Wildman–Crippen MR) is 78.1 cm³/mol. The molecule has 4 nitrogen and oxygen atoms in total. The van der Waals surface area contributed by atoms with E-state index in [4.69, 9.17) is 5.53 Å². The lowest BCUT2D eigenvalue weighted by Crippen LogP contribution is -2.08. The fourth-order valence-electron chi connectivity index (χ4n) is 2.53. The number of benzene rings is 2. The first-order valence-corrected chi connectivity index (χ1v) is 6.30. The molecular formula is C15H14N4. The molecule has 1 unspecified atom stereocenters. The van der Waals surface area contributed by atoms with E-state index in [1.54, 1.807) is 0 Å². The normalized spacial score (nSPS) is 12.5. The van der Waals surface area contributed by atoms with Crippen LogP contribution in [-0.2, 0) is 6.54 Å². The molecule has 3 aromatic rings. The molecule has 0 radical (unpaired) electrons. The van der Waals surface area contributed by atoms with Crippen molar-refractivity contribution < 1.29 is 0 Å². The lowest BCUT2D eigenvalue weighted by atomic mass is 10.1. The molecule has 0 aliphatic carbocycles. The molecule has 4 heteroatoms. The average Bonchev–Trinajstić information content (AvgIpc) is 2.82. The molecule has 0 amide bonds. The van der Waals surface area contributed by atoms with Crippen LogP contribution in [0.1, 0.15) is 6.92 Å². The number of azide groups is 1. The van der Waals surface area contributed by atoms with Crippen molar-refractivity contribution in [2.45, 2.75) is 19.5 Å². The summed E-state index contributed by atoms with van der Waals surface area (Å²) >= 11 is 0. The van der Waals surface area contributed by atoms with Crippen LogP contribution in [-0.4, -0.2) is 10.6 Å². The molecular weight excluding hydrogens is 236 g/mol. The predicted octanol–water partition coefficient (Wildman–Crippen LogP) is 4.49. The lowest BCUT2D eigenvalue weighted by molar-refractivity contribution is 0.603. The third-order valence-corrected chi connectivity index (χ3v) is 3.36. The average molecular weight is 250 g/mol. The van der Waals surface area contributed by atoms with Crippen molar-refractivity contribution in [3.8, 4) is 0 Å². The Morgan fingerprint density at radius 1 is 1.16 bits per heavy atom. The maximum absolute atomic E-state index is 8.50. The van der Waals surface area contributed by atoms with Crippen LogP contribution in [0, 0.1) is 0 Å². The van der Waals surface area contributed by atoms with Gasteiger partial charge in [0.2, 0.25) is 0 Å². The van der Waals surface area contributed by atoms with Crippen molar-refractivity contribution in [2.24, 2.45) is 5.11 Å². The minimum absolute atomic E-state index is 0.0560. The molecule has 0 aliphatic heterocycles. The van der Waals surface area contributed by atoms with Crippen molar-refractivity contribution in [3.05, 3.63) is 59.1 Å². The largest absolute Gasteiger partial charge is 0.347 e. The molecule has 0 aliphatic rings. The number of fused-ring (bicyclic) bond motifs is 3. The summed E-state index contributed by atoms with van der Waals surface area (Å²) in [7, 11) is 0. The highest BCUT2D eigenvalue weighted by Gasteiger charge is 2.07. The topological polar surface area (TPSA) is 53.7 Å². The summed E-state index contributed by atoms with van der Waals surface area (Å²) in [6.45, 7) is 2.62. The molecule has 0 bridgehead atoms. The van der Waals surface area contributed by atoms with Gasteiger partial charge in [-0.3, -0.25) is 0 Å². The van der Waals surface area contributed by atoms with E-state index in [9.17, 15) is 0 Å². The van der Waals surface area contributed by atoms with Crippen LogP contribution < -0.4 is 0 Å². The zero-order chi connectivity index (χ0) is 13.2. The van der Waals surface area contributed by atoms with Crippen LogP contribution >= 0.6 is 0 Å². The Morgan fingerprint density at radius 2 is 1.95 bits per heavy atom. The van der Waals surface area contributed by atoms with Crippen LogP contribution in [0.5, 0.6) is 0 Å². The number of nitrogens with zero attached hydrogens (tertiary/aromatic N) is 4. The molecule has 1 aromatic heterocycles. The van der Waals surface area contributed by atoms with Crippen molar-refractivity contribution in [1.29, 1.82) is 0 Å². The minimum Gasteiger partial charge on any atom is -0.347 e. The molecule has 0 saturated heterocycles. The second kappa shape index (κ2) is 4.67. The van der Waals surface area contributed by atoms with Crippen LogP contribution in [0.25, 0.3) is 32.1 Å². The SMILES string of the molecule is CC(Cn1ccc2ccc3ccccc3c21)N=[N+]=[N-]. The highest BCUT2D eigenvalue weighted by molar-refractivity contribution is 6.05. The van der Waals surface area contributed by atoms with Crippen LogP contribution in [0.3, 0.4) is 0 Å². The Balaban J connectivity index is 2.20. The van der Waals surface area contributed by atoms with E-state index in [2.05, 4.69) is 57.2 Å². The van der Waals surface area contributed by atoms with Crippen molar-refractivity contribution in [2.75, 3.05) is 0 Å². The molecule has 94 valence electrons. The minimum atomic E-state index is -0.0560. The van der Waals surface area contributed by atoms with E-state index in [1.807, 2.05) is 13.0 Å². The molecule has 2 aromatic carbocycles. The zero-order valence-electron chi connectivity index (χ0n) is 10.7. The second-order valence-corrected chi connectivity index (χ2v) is 4.75. The molecule has 0 spiro atoms. The Labute approximate surface area is 110 Å². The van der Waals surface area contributed by atoms with Crippen molar-refractivity contribution in [3.63, 3.8) is 0 Å². The maximum Gasteiger partial charge on any atom is 0.0560 e. The molecule has 0 N–H and O–H groups in total. The van der Waals surface area contributed by atoms with Gasteiger partial charge in [-0.2, -0.15) is 0 Å². The molecule has 0 fully saturated rings. The Morgan fingerprint density at radius 3 is 2.79 bits per heavy atom. The Bertz CT molecular complexity index is 781. The molecule has 19 heavy (non-hydrogen) atoms. The highest BCUT2D eigenvalue weighted by Crippen LogP contribution is 2.26. The van der Waals surface area contributed by atoms with Gasteiger partial charge < -0.3 is 4.57 Å². The van der Waals surface area contributed by atoms with Gasteiger partial charge in [0.1, 0.15) is 0 Å². The van der Waals surface area contributed by atoms with Gasteiger partial charge in [-0.25, -0.2) is 0 Å². The van der Waals surface area contributed by atoms with Gasteiger partial charge in [-0.15, -0.1) is 0 Å². The van der Waals surface area contributed by atoms with Crippen molar-refractivity contribution >= 4 is 21.7 Å². The monoisotopic (exact) mass is 250 g/mol. The van der Waals surface area contributed by atoms with Gasteiger partial charge in [-0.05, 0) is 17.0 Å². The van der Waals surface area contributed by atoms with E-state index >= 15 is 0 Å². The van der Waals surface area contributed by atoms with E-state index in [0.717, 1.165) is 0 Å². The van der Waals surface area contributed by atoms with Crippen molar-refractivity contribution in [1.82, 2.24) is 4.57 Å². The summed E-state index contributed by atoms with van der Waals surface area (Å²) in [4.78, 5) is 2.87. The summed E-state index contributed by atoms with van der Waals surface area (Å²) < 4.78 is 2.16. The third kappa shape index (κ3) is 2.02. The maximum atomic E-state index is 8.50. The van der Waals surface area contributed by atoms with E-state index in [1.165, 1.54) is 21.7 Å². The highest BCUT2D eigenvalue weighted by atomic mass is 15.2. The summed E-state index contributed by atoms with van der Waals surface area (Å²) in [6, 6.07) is 14.7. The first-order chi connectivity index (χ1) is 9.29. The van der Waals surface area contributed by atoms with Gasteiger partial charge in [0, 0.05) is 28.4 Å². The van der Waals surface area contributed by atoms with Gasteiger partial charge in [0.05, 0.1) is 11.6 Å². The number of hydrogen-bond donors (Lipinski definition) is 0. The summed E-state index contributed by atoms with van der Waals surface area (Å²) in [6.07, 6.45) is 2.06. The summed E-state index contributed by atoms with van der Waals surface area (Å²) in [5, 5.41) is 7.42. The summed E-state index contributed by atoms with van der Waals surface area (Å²) in [5.41, 5.74) is 9.71. The number of rotatable bonds is 3. The van der Waals surface area contributed by atoms with Gasteiger partial charge in [-0.1, -0.05) is 48.4 Å². The molecule has 3 rings (SSSR count). The second-order valence-electron chi connectivity index (χ2n) is 4.75. The van der Waals surface area contributed by atoms with Crippen LogP contribution in [0.2, 0.25) is 0 Å². The van der Waals surface area contributed by atoms with Gasteiger partial charge in [0.25, 0.3) is 0 Å². The first kappa shape index (κ1) is 11.6. The Hall–Kier alpha value is -2.45. The third-order valence-electron chi connectivity index (χ3n) is 3.36. The smallest absolute Gasteiger partial charge is 0.0560 e. The van der Waals surface area contributed by atoms with E-state index in [-0.39, 0.29) is 6.04 Å². The fourth-order valence-corrected chi connectivity index (χ4v) is 2.53. The van der Waals surface area contributed by atoms with E-state index in [0.29, 0.717) is 6.54 Å². The van der Waals surface area contributed by atoms with Gasteiger partial charge >= 0.3 is 0 Å². The Kier molecular flexibility index (Phi) is 2.86. The van der Waals surface area contributed by atoms with Crippen LogP contribution in [0.15, 0.2) is 53.8 Å².